The summed E-state index contributed by atoms with van der Waals surface area (Å²) in [7, 11) is 0. The van der Waals surface area contributed by atoms with Crippen LogP contribution < -0.4 is 20.1 Å². The van der Waals surface area contributed by atoms with E-state index in [4.69, 9.17) is 30.5 Å². The molecule has 0 saturated carbocycles. The van der Waals surface area contributed by atoms with Crippen molar-refractivity contribution >= 4 is 47.3 Å². The Morgan fingerprint density at radius 2 is 1.27 bits per heavy atom. The number of rotatable bonds is 12. The summed E-state index contributed by atoms with van der Waals surface area (Å²) in [6.45, 7) is 10.7. The van der Waals surface area contributed by atoms with Crippen molar-refractivity contribution in [2.45, 2.75) is 97.0 Å². The summed E-state index contributed by atoms with van der Waals surface area (Å²) in [5.74, 6) is 0.136. The summed E-state index contributed by atoms with van der Waals surface area (Å²) >= 11 is 6.69. The molecular formula is C51H55ClN4O8. The quantitative estimate of drug-likeness (QED) is 0.0545. The minimum absolute atomic E-state index is 0.0120. The zero-order valence-corrected chi connectivity index (χ0v) is 37.8. The number of nitrogens with one attached hydrogen (secondary N) is 2. The number of esters is 1. The van der Waals surface area contributed by atoms with Gasteiger partial charge >= 0.3 is 18.2 Å². The van der Waals surface area contributed by atoms with Gasteiger partial charge in [0.25, 0.3) is 0 Å². The molecule has 1 aliphatic rings. The van der Waals surface area contributed by atoms with Gasteiger partial charge in [-0.05, 0) is 132 Å². The SMILES string of the molecule is CC(C)(C)OC(=O)NC(=Nc1ccc(C(=O)Oc2ccc(CCC(=O)N3C[C@@H](Oc4ccc(Cc5ccccc5)cc4)C[C@H]3Cc3ccccc3)c(Cl)c2)cc1)NC(=O)OC(C)(C)C. The number of hydrogen-bond acceptors (Lipinski definition) is 9. The minimum Gasteiger partial charge on any atom is -0.489 e. The molecule has 2 atom stereocenters. The van der Waals surface area contributed by atoms with Crippen molar-refractivity contribution in [2.24, 2.45) is 4.99 Å². The van der Waals surface area contributed by atoms with E-state index in [-0.39, 0.29) is 41.7 Å². The normalized spacial score (nSPS) is 14.8. The fourth-order valence-corrected chi connectivity index (χ4v) is 7.35. The molecule has 12 nitrogen and oxygen atoms in total. The molecular weight excluding hydrogens is 832 g/mol. The maximum absolute atomic E-state index is 13.9. The van der Waals surface area contributed by atoms with E-state index < -0.39 is 29.4 Å². The zero-order valence-electron chi connectivity index (χ0n) is 37.1. The molecule has 5 aromatic rings. The van der Waals surface area contributed by atoms with Crippen LogP contribution in [0.5, 0.6) is 11.5 Å². The van der Waals surface area contributed by atoms with Gasteiger partial charge in [0, 0.05) is 23.9 Å². The molecule has 0 radical (unpaired) electrons. The molecule has 2 N–H and O–H groups in total. The van der Waals surface area contributed by atoms with Crippen molar-refractivity contribution in [3.05, 3.63) is 160 Å². The standard InChI is InChI=1S/C51H55ClN4O8/c1-50(2,3)63-48(59)54-47(55-49(60)64-51(4,5)6)53-39-23-19-38(20-24-39)46(58)62-42-27-21-37(44(52)32-42)22-28-45(57)56-33-43(31-40(56)30-35-15-11-8-12-16-35)61-41-25-17-36(18-26-41)29-34-13-9-7-10-14-34/h7-21,23-27,32,40,43H,22,28-31,33H2,1-6H3,(H2,53,54,55,59,60)/t40-,43+/m1/s1. The second kappa shape index (κ2) is 21.1. The topological polar surface area (TPSA) is 145 Å². The molecule has 64 heavy (non-hydrogen) atoms. The van der Waals surface area contributed by atoms with E-state index in [1.54, 1.807) is 59.7 Å². The summed E-state index contributed by atoms with van der Waals surface area (Å²) in [4.78, 5) is 58.3. The fourth-order valence-electron chi connectivity index (χ4n) is 7.09. The minimum atomic E-state index is -0.839. The number of hydrogen-bond donors (Lipinski definition) is 2. The van der Waals surface area contributed by atoms with Gasteiger partial charge in [0.2, 0.25) is 11.9 Å². The van der Waals surface area contributed by atoms with Gasteiger partial charge in [0.15, 0.2) is 0 Å². The lowest BCUT2D eigenvalue weighted by Gasteiger charge is -2.24. The molecule has 13 heteroatoms. The Kier molecular flexibility index (Phi) is 15.5. The number of guanidine groups is 1. The summed E-state index contributed by atoms with van der Waals surface area (Å²) in [5.41, 5.74) is 3.26. The largest absolute Gasteiger partial charge is 0.489 e. The molecule has 1 saturated heterocycles. The molecule has 1 aliphatic heterocycles. The van der Waals surface area contributed by atoms with Gasteiger partial charge in [-0.15, -0.1) is 0 Å². The van der Waals surface area contributed by atoms with Crippen molar-refractivity contribution in [1.82, 2.24) is 15.5 Å². The number of halogens is 1. The highest BCUT2D eigenvalue weighted by Gasteiger charge is 2.36. The number of amides is 3. The van der Waals surface area contributed by atoms with Gasteiger partial charge in [-0.25, -0.2) is 19.4 Å². The molecule has 6 rings (SSSR count). The lowest BCUT2D eigenvalue weighted by Crippen LogP contribution is -2.47. The van der Waals surface area contributed by atoms with Crippen molar-refractivity contribution in [3.8, 4) is 11.5 Å². The molecule has 1 heterocycles. The molecule has 5 aromatic carbocycles. The molecule has 334 valence electrons. The van der Waals surface area contributed by atoms with Crippen molar-refractivity contribution in [2.75, 3.05) is 6.54 Å². The van der Waals surface area contributed by atoms with Crippen molar-refractivity contribution in [3.63, 3.8) is 0 Å². The van der Waals surface area contributed by atoms with Crippen LogP contribution in [0.15, 0.2) is 132 Å². The third-order valence-corrected chi connectivity index (χ3v) is 10.3. The van der Waals surface area contributed by atoms with E-state index in [0.717, 1.165) is 29.7 Å². The Labute approximate surface area is 379 Å². The highest BCUT2D eigenvalue weighted by Crippen LogP contribution is 2.29. The van der Waals surface area contributed by atoms with Crippen molar-refractivity contribution < 1.29 is 38.1 Å². The van der Waals surface area contributed by atoms with Gasteiger partial charge in [0.1, 0.15) is 28.8 Å². The lowest BCUT2D eigenvalue weighted by atomic mass is 10.0. The monoisotopic (exact) mass is 886 g/mol. The van der Waals surface area contributed by atoms with Crippen molar-refractivity contribution in [1.29, 1.82) is 0 Å². The number of alkyl carbamates (subject to hydrolysis) is 2. The molecule has 0 aliphatic carbocycles. The molecule has 0 spiro atoms. The third kappa shape index (κ3) is 14.7. The fraction of sp³-hybridized carbons (Fsp3) is 0.314. The van der Waals surface area contributed by atoms with Gasteiger partial charge < -0.3 is 23.8 Å². The van der Waals surface area contributed by atoms with E-state index >= 15 is 0 Å². The summed E-state index contributed by atoms with van der Waals surface area (Å²) in [5, 5.41) is 5.21. The van der Waals surface area contributed by atoms with Crippen LogP contribution in [0, 0.1) is 0 Å². The van der Waals surface area contributed by atoms with Crippen LogP contribution in [0.1, 0.15) is 87.0 Å². The molecule has 3 amide bonds. The lowest BCUT2D eigenvalue weighted by molar-refractivity contribution is -0.132. The van der Waals surface area contributed by atoms with Gasteiger partial charge in [-0.1, -0.05) is 90.5 Å². The number of nitrogens with zero attached hydrogens (tertiary/aromatic N) is 2. The number of aliphatic imine (C=N–C) groups is 1. The number of ether oxygens (including phenoxy) is 4. The third-order valence-electron chi connectivity index (χ3n) is 9.91. The molecule has 0 bridgehead atoms. The smallest absolute Gasteiger partial charge is 0.414 e. The Bertz CT molecular complexity index is 2380. The number of carbonyl (C=O) groups excluding carboxylic acids is 4. The van der Waals surface area contributed by atoms with E-state index in [1.807, 2.05) is 53.4 Å². The number of aryl methyl sites for hydroxylation is 1. The average Bonchev–Trinajstić information content (AvgIpc) is 3.62. The first-order valence-electron chi connectivity index (χ1n) is 21.3. The Hall–Kier alpha value is -6.66. The van der Waals surface area contributed by atoms with Crippen LogP contribution in [0.2, 0.25) is 5.02 Å². The Morgan fingerprint density at radius 3 is 1.84 bits per heavy atom. The van der Waals surface area contributed by atoms with Gasteiger partial charge in [-0.3, -0.25) is 15.4 Å². The second-order valence-electron chi connectivity index (χ2n) is 17.6. The number of carbonyl (C=O) groups is 4. The predicted octanol–water partition coefficient (Wildman–Crippen LogP) is 10.4. The second-order valence-corrected chi connectivity index (χ2v) is 18.0. The van der Waals surface area contributed by atoms with Gasteiger partial charge in [0.05, 0.1) is 17.8 Å². The predicted molar refractivity (Wildman–Crippen MR) is 247 cm³/mol. The zero-order chi connectivity index (χ0) is 45.9. The van der Waals surface area contributed by atoms with E-state index in [2.05, 4.69) is 52.0 Å². The van der Waals surface area contributed by atoms with Crippen LogP contribution in [-0.2, 0) is 33.5 Å². The maximum Gasteiger partial charge on any atom is 0.414 e. The summed E-state index contributed by atoms with van der Waals surface area (Å²) < 4.78 is 22.7. The molecule has 0 aromatic heterocycles. The van der Waals surface area contributed by atoms with Crippen LogP contribution in [0.25, 0.3) is 0 Å². The average molecular weight is 887 g/mol. The molecule has 1 fully saturated rings. The first-order valence-corrected chi connectivity index (χ1v) is 21.6. The summed E-state index contributed by atoms with van der Waals surface area (Å²) in [6, 6.07) is 39.6. The van der Waals surface area contributed by atoms with Crippen LogP contribution in [-0.4, -0.2) is 64.8 Å². The van der Waals surface area contributed by atoms with E-state index in [1.165, 1.54) is 35.4 Å². The number of benzene rings is 5. The first-order chi connectivity index (χ1) is 30.4. The van der Waals surface area contributed by atoms with E-state index in [9.17, 15) is 19.2 Å². The van der Waals surface area contributed by atoms with E-state index in [0.29, 0.717) is 30.1 Å². The van der Waals surface area contributed by atoms with Gasteiger partial charge in [-0.2, -0.15) is 0 Å². The maximum atomic E-state index is 13.9. The Balaban J connectivity index is 1.05. The number of likely N-dealkylation sites (tertiary alicyclic amines) is 1. The highest BCUT2D eigenvalue weighted by molar-refractivity contribution is 6.31. The summed E-state index contributed by atoms with van der Waals surface area (Å²) in [6.07, 6.45) is 1.07. The highest BCUT2D eigenvalue weighted by atomic mass is 35.5. The van der Waals surface area contributed by atoms with Crippen LogP contribution >= 0.6 is 11.6 Å². The van der Waals surface area contributed by atoms with Crippen LogP contribution in [0.3, 0.4) is 0 Å². The Morgan fingerprint density at radius 1 is 0.703 bits per heavy atom. The van der Waals surface area contributed by atoms with Crippen LogP contribution in [0.4, 0.5) is 15.3 Å². The first kappa shape index (κ1) is 46.8. The molecule has 0 unspecified atom stereocenters.